The molecule has 0 radical (unpaired) electrons. The van der Waals surface area contributed by atoms with Crippen LogP contribution in [0.5, 0.6) is 0 Å². The lowest BCUT2D eigenvalue weighted by Crippen LogP contribution is -2.21. The van der Waals surface area contributed by atoms with E-state index < -0.39 is 35.3 Å². The first kappa shape index (κ1) is 22.1. The number of carbonyl (C=O) groups excluding carboxylic acids is 1. The van der Waals surface area contributed by atoms with Gasteiger partial charge in [-0.25, -0.2) is 0 Å². The van der Waals surface area contributed by atoms with E-state index in [0.29, 0.717) is 5.56 Å². The van der Waals surface area contributed by atoms with Crippen molar-refractivity contribution in [3.63, 3.8) is 0 Å². The van der Waals surface area contributed by atoms with Crippen molar-refractivity contribution >= 4 is 23.2 Å². The fourth-order valence-corrected chi connectivity index (χ4v) is 2.74. The van der Waals surface area contributed by atoms with Crippen molar-refractivity contribution in [3.05, 3.63) is 64.2 Å². The van der Waals surface area contributed by atoms with Crippen LogP contribution in [0.4, 0.5) is 32.0 Å². The molecule has 0 bridgehead atoms. The number of aryl methyl sites for hydroxylation is 1. The molecule has 0 aliphatic rings. The number of hydrogen-bond donors (Lipinski definition) is 1. The Labute approximate surface area is 162 Å². The zero-order valence-corrected chi connectivity index (χ0v) is 15.3. The Morgan fingerprint density at radius 1 is 1.07 bits per heavy atom. The zero-order chi connectivity index (χ0) is 21.1. The molecule has 0 aliphatic heterocycles. The van der Waals surface area contributed by atoms with Crippen molar-refractivity contribution in [2.45, 2.75) is 32.1 Å². The van der Waals surface area contributed by atoms with Crippen molar-refractivity contribution in [3.8, 4) is 0 Å². The van der Waals surface area contributed by atoms with E-state index in [2.05, 4.69) is 5.32 Å². The van der Waals surface area contributed by atoms with Crippen molar-refractivity contribution in [1.82, 2.24) is 0 Å². The highest BCUT2D eigenvalue weighted by Gasteiger charge is 2.36. The van der Waals surface area contributed by atoms with Gasteiger partial charge in [-0.2, -0.15) is 26.3 Å². The summed E-state index contributed by atoms with van der Waals surface area (Å²) in [6.07, 6.45) is -9.41. The molecule has 0 aromatic heterocycles. The van der Waals surface area contributed by atoms with E-state index in [-0.39, 0.29) is 23.6 Å². The Bertz CT molecular complexity index is 847. The van der Waals surface area contributed by atoms with Gasteiger partial charge in [-0.15, -0.1) is 0 Å². The van der Waals surface area contributed by atoms with Gasteiger partial charge in [0.05, 0.1) is 17.0 Å². The lowest BCUT2D eigenvalue weighted by molar-refractivity contribution is -0.170. The number of hydrogen-bond acceptors (Lipinski definition) is 1. The number of benzene rings is 2. The minimum absolute atomic E-state index is 0.0578. The quantitative estimate of drug-likeness (QED) is 0.530. The Kier molecular flexibility index (Phi) is 6.64. The summed E-state index contributed by atoms with van der Waals surface area (Å²) in [5.74, 6) is -2.60. The number of rotatable bonds is 5. The SMILES string of the molecule is CC(CCc1cc(Cl)ccc1NC(=O)c1ccccc1C(F)(F)F)C(F)(F)F. The second-order valence-electron chi connectivity index (χ2n) is 6.28. The monoisotopic (exact) mass is 423 g/mol. The molecule has 0 spiro atoms. The molecule has 28 heavy (non-hydrogen) atoms. The van der Waals surface area contributed by atoms with Gasteiger partial charge < -0.3 is 5.32 Å². The van der Waals surface area contributed by atoms with Crippen molar-refractivity contribution in [1.29, 1.82) is 0 Å². The van der Waals surface area contributed by atoms with E-state index >= 15 is 0 Å². The Morgan fingerprint density at radius 2 is 1.71 bits per heavy atom. The van der Waals surface area contributed by atoms with Gasteiger partial charge in [0.1, 0.15) is 0 Å². The molecular weight excluding hydrogens is 408 g/mol. The van der Waals surface area contributed by atoms with E-state index in [1.54, 1.807) is 0 Å². The first-order valence-electron chi connectivity index (χ1n) is 8.22. The Morgan fingerprint density at radius 3 is 2.32 bits per heavy atom. The van der Waals surface area contributed by atoms with Crippen LogP contribution < -0.4 is 5.32 Å². The van der Waals surface area contributed by atoms with Crippen LogP contribution in [0, 0.1) is 5.92 Å². The van der Waals surface area contributed by atoms with Gasteiger partial charge in [0.25, 0.3) is 5.91 Å². The molecule has 0 saturated heterocycles. The molecular formula is C19H16ClF6NO. The lowest BCUT2D eigenvalue weighted by Gasteiger charge is -2.18. The molecule has 2 nitrogen and oxygen atoms in total. The first-order valence-corrected chi connectivity index (χ1v) is 8.60. The molecule has 1 amide bonds. The fourth-order valence-electron chi connectivity index (χ4n) is 2.54. The minimum Gasteiger partial charge on any atom is -0.322 e. The van der Waals surface area contributed by atoms with Gasteiger partial charge >= 0.3 is 12.4 Å². The summed E-state index contributed by atoms with van der Waals surface area (Å²) in [5, 5.41) is 2.59. The number of alkyl halides is 6. The summed E-state index contributed by atoms with van der Waals surface area (Å²) >= 11 is 5.88. The van der Waals surface area contributed by atoms with Crippen molar-refractivity contribution < 1.29 is 31.1 Å². The summed E-state index contributed by atoms with van der Waals surface area (Å²) in [6.45, 7) is 1.03. The minimum atomic E-state index is -4.72. The molecule has 1 N–H and O–H groups in total. The normalized spacial score (nSPS) is 13.3. The molecule has 0 saturated carbocycles. The highest BCUT2D eigenvalue weighted by atomic mass is 35.5. The highest BCUT2D eigenvalue weighted by Crippen LogP contribution is 2.33. The van der Waals surface area contributed by atoms with E-state index in [0.717, 1.165) is 25.1 Å². The largest absolute Gasteiger partial charge is 0.417 e. The molecule has 9 heteroatoms. The summed E-state index contributed by atoms with van der Waals surface area (Å²) in [6, 6.07) is 8.38. The molecule has 2 rings (SSSR count). The topological polar surface area (TPSA) is 29.1 Å². The Hall–Kier alpha value is -2.22. The first-order chi connectivity index (χ1) is 12.9. The van der Waals surface area contributed by atoms with E-state index in [1.807, 2.05) is 0 Å². The van der Waals surface area contributed by atoms with Crippen LogP contribution in [-0.2, 0) is 12.6 Å². The van der Waals surface area contributed by atoms with Crippen LogP contribution in [0.25, 0.3) is 0 Å². The lowest BCUT2D eigenvalue weighted by atomic mass is 9.99. The van der Waals surface area contributed by atoms with Gasteiger partial charge in [0.15, 0.2) is 0 Å². The average Bonchev–Trinajstić information content (AvgIpc) is 2.60. The number of amides is 1. The van der Waals surface area contributed by atoms with Crippen LogP contribution in [0.15, 0.2) is 42.5 Å². The second-order valence-corrected chi connectivity index (χ2v) is 6.72. The molecule has 1 unspecified atom stereocenters. The van der Waals surface area contributed by atoms with Crippen LogP contribution in [0.2, 0.25) is 5.02 Å². The van der Waals surface area contributed by atoms with Crippen molar-refractivity contribution in [2.75, 3.05) is 5.32 Å². The third-order valence-electron chi connectivity index (χ3n) is 4.20. The van der Waals surface area contributed by atoms with Gasteiger partial charge in [0, 0.05) is 10.7 Å². The molecule has 0 aliphatic carbocycles. The standard InChI is InChI=1S/C19H16ClF6NO/c1-11(18(21,22)23)6-7-12-10-13(20)8-9-16(12)27-17(28)14-4-2-3-5-15(14)19(24,25)26/h2-5,8-11H,6-7H2,1H3,(H,27,28). The van der Waals surface area contributed by atoms with E-state index in [1.165, 1.54) is 24.3 Å². The fraction of sp³-hybridized carbons (Fsp3) is 0.316. The third-order valence-corrected chi connectivity index (χ3v) is 4.43. The maximum absolute atomic E-state index is 13.1. The van der Waals surface area contributed by atoms with Crippen molar-refractivity contribution in [2.24, 2.45) is 5.92 Å². The van der Waals surface area contributed by atoms with Crippen LogP contribution in [-0.4, -0.2) is 12.1 Å². The summed E-state index contributed by atoms with van der Waals surface area (Å²) in [4.78, 5) is 12.4. The Balaban J connectivity index is 2.26. The van der Waals surface area contributed by atoms with Gasteiger partial charge in [-0.1, -0.05) is 30.7 Å². The third kappa shape index (κ3) is 5.64. The van der Waals surface area contributed by atoms with Crippen LogP contribution in [0.1, 0.15) is 34.8 Å². The van der Waals surface area contributed by atoms with E-state index in [9.17, 15) is 31.1 Å². The second kappa shape index (κ2) is 8.43. The molecule has 2 aromatic carbocycles. The number of anilines is 1. The average molecular weight is 424 g/mol. The maximum Gasteiger partial charge on any atom is 0.417 e. The number of halogens is 7. The number of nitrogens with one attached hydrogen (secondary N) is 1. The number of carbonyl (C=O) groups is 1. The smallest absolute Gasteiger partial charge is 0.322 e. The molecule has 0 heterocycles. The van der Waals surface area contributed by atoms with Crippen LogP contribution >= 0.6 is 11.6 Å². The maximum atomic E-state index is 13.1. The van der Waals surface area contributed by atoms with Gasteiger partial charge in [0.2, 0.25) is 0 Å². The molecule has 0 fully saturated rings. The predicted molar refractivity (Wildman–Crippen MR) is 94.4 cm³/mol. The summed E-state index contributed by atoms with van der Waals surface area (Å²) in [7, 11) is 0. The van der Waals surface area contributed by atoms with Gasteiger partial charge in [-0.05, 0) is 48.7 Å². The van der Waals surface area contributed by atoms with E-state index in [4.69, 9.17) is 11.6 Å². The zero-order valence-electron chi connectivity index (χ0n) is 14.6. The summed E-state index contributed by atoms with van der Waals surface area (Å²) in [5.41, 5.74) is -1.27. The molecule has 2 aromatic rings. The molecule has 1 atom stereocenters. The highest BCUT2D eigenvalue weighted by molar-refractivity contribution is 6.30. The van der Waals surface area contributed by atoms with Gasteiger partial charge in [-0.3, -0.25) is 4.79 Å². The van der Waals surface area contributed by atoms with Crippen LogP contribution in [0.3, 0.4) is 0 Å². The predicted octanol–water partition coefficient (Wildman–Crippen LogP) is 6.74. The summed E-state index contributed by atoms with van der Waals surface area (Å²) < 4.78 is 77.4. The molecule has 152 valence electrons.